The second-order valence-corrected chi connectivity index (χ2v) is 5.41. The van der Waals surface area contributed by atoms with Crippen molar-refractivity contribution < 1.29 is 13.5 Å². The van der Waals surface area contributed by atoms with Gasteiger partial charge in [0.2, 0.25) is 5.95 Å². The SMILES string of the molecule is COc1cc(F)c(CN2CCc3nc(N)[nH]c(=O)c3C2)c(F)c1. The van der Waals surface area contributed by atoms with Crippen molar-refractivity contribution in [3.63, 3.8) is 0 Å². The number of ether oxygens (including phenoxy) is 1. The normalized spacial score (nSPS) is 14.6. The van der Waals surface area contributed by atoms with Gasteiger partial charge in [0.05, 0.1) is 18.4 Å². The molecule has 2 heterocycles. The first-order chi connectivity index (χ1) is 11.0. The van der Waals surface area contributed by atoms with Gasteiger partial charge in [0, 0.05) is 43.8 Å². The molecule has 0 saturated heterocycles. The maximum absolute atomic E-state index is 14.0. The molecule has 23 heavy (non-hydrogen) atoms. The number of H-pyrrole nitrogens is 1. The molecule has 0 unspecified atom stereocenters. The second-order valence-electron chi connectivity index (χ2n) is 5.41. The number of benzene rings is 1. The molecule has 0 saturated carbocycles. The van der Waals surface area contributed by atoms with Crippen LogP contribution in [-0.2, 0) is 19.5 Å². The fourth-order valence-electron chi connectivity index (χ4n) is 2.71. The Morgan fingerprint density at radius 3 is 2.74 bits per heavy atom. The van der Waals surface area contributed by atoms with E-state index in [1.54, 1.807) is 4.90 Å². The Kier molecular flexibility index (Phi) is 3.99. The highest BCUT2D eigenvalue weighted by Gasteiger charge is 2.23. The van der Waals surface area contributed by atoms with Crippen molar-refractivity contribution in [1.29, 1.82) is 0 Å². The van der Waals surface area contributed by atoms with Gasteiger partial charge >= 0.3 is 0 Å². The van der Waals surface area contributed by atoms with Crippen molar-refractivity contribution in [1.82, 2.24) is 14.9 Å². The lowest BCUT2D eigenvalue weighted by Gasteiger charge is -2.27. The lowest BCUT2D eigenvalue weighted by atomic mass is 10.1. The summed E-state index contributed by atoms with van der Waals surface area (Å²) in [6, 6.07) is 2.29. The summed E-state index contributed by atoms with van der Waals surface area (Å²) in [4.78, 5) is 20.3. The number of hydrogen-bond donors (Lipinski definition) is 2. The zero-order valence-electron chi connectivity index (χ0n) is 12.5. The van der Waals surface area contributed by atoms with Gasteiger partial charge in [0.15, 0.2) is 0 Å². The maximum atomic E-state index is 14.0. The van der Waals surface area contributed by atoms with Crippen LogP contribution < -0.4 is 16.0 Å². The molecule has 1 aliphatic heterocycles. The van der Waals surface area contributed by atoms with Gasteiger partial charge in [0.25, 0.3) is 5.56 Å². The molecular formula is C15H16F2N4O2. The number of nitrogen functional groups attached to an aromatic ring is 1. The van der Waals surface area contributed by atoms with Gasteiger partial charge in [-0.05, 0) is 0 Å². The molecule has 0 fully saturated rings. The monoisotopic (exact) mass is 322 g/mol. The number of aromatic nitrogens is 2. The standard InChI is InChI=1S/C15H16F2N4O2/c1-23-8-4-11(16)9(12(17)5-8)6-21-3-2-13-10(7-21)14(22)20-15(18)19-13/h4-5H,2-3,6-7H2,1H3,(H3,18,19,20,22). The highest BCUT2D eigenvalue weighted by Crippen LogP contribution is 2.24. The smallest absolute Gasteiger partial charge is 0.257 e. The molecule has 0 bridgehead atoms. The minimum atomic E-state index is -0.669. The van der Waals surface area contributed by atoms with Gasteiger partial charge in [-0.1, -0.05) is 0 Å². The minimum Gasteiger partial charge on any atom is -0.497 e. The summed E-state index contributed by atoms with van der Waals surface area (Å²) in [5, 5.41) is 0. The predicted molar refractivity (Wildman–Crippen MR) is 80.0 cm³/mol. The van der Waals surface area contributed by atoms with E-state index in [0.717, 1.165) is 12.1 Å². The van der Waals surface area contributed by atoms with Gasteiger partial charge in [-0.2, -0.15) is 0 Å². The number of anilines is 1. The molecule has 0 atom stereocenters. The lowest BCUT2D eigenvalue weighted by molar-refractivity contribution is 0.234. The Balaban J connectivity index is 1.84. The highest BCUT2D eigenvalue weighted by molar-refractivity contribution is 5.31. The molecule has 3 rings (SSSR count). The van der Waals surface area contributed by atoms with Gasteiger partial charge in [-0.25, -0.2) is 13.8 Å². The number of rotatable bonds is 3. The molecule has 1 aromatic heterocycles. The minimum absolute atomic E-state index is 0.0471. The number of fused-ring (bicyclic) bond motifs is 1. The maximum Gasteiger partial charge on any atom is 0.257 e. The Hall–Kier alpha value is -2.48. The van der Waals surface area contributed by atoms with E-state index in [-0.39, 0.29) is 35.9 Å². The van der Waals surface area contributed by atoms with Crippen molar-refractivity contribution in [2.75, 3.05) is 19.4 Å². The zero-order valence-corrected chi connectivity index (χ0v) is 12.5. The third-order valence-electron chi connectivity index (χ3n) is 3.90. The molecule has 1 aliphatic rings. The van der Waals surface area contributed by atoms with Crippen LogP contribution in [0.25, 0.3) is 0 Å². The largest absolute Gasteiger partial charge is 0.497 e. The van der Waals surface area contributed by atoms with Crippen molar-refractivity contribution >= 4 is 5.95 Å². The fraction of sp³-hybridized carbons (Fsp3) is 0.333. The van der Waals surface area contributed by atoms with Crippen LogP contribution in [-0.4, -0.2) is 28.5 Å². The molecule has 6 nitrogen and oxygen atoms in total. The number of aromatic amines is 1. The van der Waals surface area contributed by atoms with E-state index in [2.05, 4.69) is 9.97 Å². The Morgan fingerprint density at radius 1 is 1.39 bits per heavy atom. The number of hydrogen-bond acceptors (Lipinski definition) is 5. The first-order valence-electron chi connectivity index (χ1n) is 7.09. The fourth-order valence-corrected chi connectivity index (χ4v) is 2.71. The summed E-state index contributed by atoms with van der Waals surface area (Å²) in [5.74, 6) is -1.13. The van der Waals surface area contributed by atoms with E-state index in [1.165, 1.54) is 7.11 Å². The first-order valence-corrected chi connectivity index (χ1v) is 7.09. The third-order valence-corrected chi connectivity index (χ3v) is 3.90. The van der Waals surface area contributed by atoms with Gasteiger partial charge < -0.3 is 10.5 Å². The molecule has 2 aromatic rings. The summed E-state index contributed by atoms with van der Waals surface area (Å²) >= 11 is 0. The molecule has 0 radical (unpaired) electrons. The average molecular weight is 322 g/mol. The molecular weight excluding hydrogens is 306 g/mol. The molecule has 0 spiro atoms. The first kappa shape index (κ1) is 15.4. The Labute approximate surface area is 130 Å². The predicted octanol–water partition coefficient (Wildman–Crippen LogP) is 1.20. The van der Waals surface area contributed by atoms with Gasteiger partial charge in [0.1, 0.15) is 17.4 Å². The van der Waals surface area contributed by atoms with E-state index >= 15 is 0 Å². The molecule has 0 aliphatic carbocycles. The number of halogens is 2. The van der Waals surface area contributed by atoms with E-state index in [4.69, 9.17) is 10.5 Å². The van der Waals surface area contributed by atoms with E-state index in [1.807, 2.05) is 0 Å². The van der Waals surface area contributed by atoms with Crippen molar-refractivity contribution in [2.45, 2.75) is 19.5 Å². The summed E-state index contributed by atoms with van der Waals surface area (Å²) in [7, 11) is 1.35. The molecule has 3 N–H and O–H groups in total. The highest BCUT2D eigenvalue weighted by atomic mass is 19.1. The topological polar surface area (TPSA) is 84.2 Å². The summed E-state index contributed by atoms with van der Waals surface area (Å²) < 4.78 is 32.9. The molecule has 0 amide bonds. The van der Waals surface area contributed by atoms with Gasteiger partial charge in [-0.3, -0.25) is 14.7 Å². The van der Waals surface area contributed by atoms with Crippen LogP contribution in [0, 0.1) is 11.6 Å². The van der Waals surface area contributed by atoms with E-state index < -0.39 is 11.6 Å². The summed E-state index contributed by atoms with van der Waals surface area (Å²) in [6.07, 6.45) is 0.503. The third kappa shape index (κ3) is 3.02. The Bertz CT molecular complexity index is 784. The summed E-state index contributed by atoms with van der Waals surface area (Å²) in [6.45, 7) is 0.863. The second kappa shape index (κ2) is 5.96. The van der Waals surface area contributed by atoms with Crippen molar-refractivity contribution in [2.24, 2.45) is 0 Å². The molecule has 122 valence electrons. The van der Waals surface area contributed by atoms with Crippen LogP contribution in [0.1, 0.15) is 16.8 Å². The zero-order chi connectivity index (χ0) is 16.6. The number of methoxy groups -OCH3 is 1. The van der Waals surface area contributed by atoms with Crippen molar-refractivity contribution in [3.8, 4) is 5.75 Å². The van der Waals surface area contributed by atoms with Crippen molar-refractivity contribution in [3.05, 3.63) is 50.9 Å². The van der Waals surface area contributed by atoms with Crippen LogP contribution in [0.2, 0.25) is 0 Å². The summed E-state index contributed by atoms with van der Waals surface area (Å²) in [5.41, 5.74) is 6.28. The van der Waals surface area contributed by atoms with Crippen LogP contribution >= 0.6 is 0 Å². The molecule has 1 aromatic carbocycles. The number of nitrogens with zero attached hydrogens (tertiary/aromatic N) is 2. The number of nitrogens with two attached hydrogens (primary N) is 1. The molecule has 8 heteroatoms. The van der Waals surface area contributed by atoms with E-state index in [9.17, 15) is 13.6 Å². The van der Waals surface area contributed by atoms with Crippen LogP contribution in [0.15, 0.2) is 16.9 Å². The van der Waals surface area contributed by atoms with Crippen LogP contribution in [0.3, 0.4) is 0 Å². The number of nitrogens with one attached hydrogen (secondary N) is 1. The van der Waals surface area contributed by atoms with Crippen LogP contribution in [0.4, 0.5) is 14.7 Å². The van der Waals surface area contributed by atoms with Gasteiger partial charge in [-0.15, -0.1) is 0 Å². The average Bonchev–Trinajstić information content (AvgIpc) is 2.51. The lowest BCUT2D eigenvalue weighted by Crippen LogP contribution is -2.36. The Morgan fingerprint density at radius 2 is 2.09 bits per heavy atom. The quantitative estimate of drug-likeness (QED) is 0.887. The van der Waals surface area contributed by atoms with E-state index in [0.29, 0.717) is 24.2 Å². The van der Waals surface area contributed by atoms with Crippen LogP contribution in [0.5, 0.6) is 5.75 Å².